The molecule has 0 aliphatic carbocycles. The number of hydrogen-bond acceptors (Lipinski definition) is 5. The third-order valence-corrected chi connectivity index (χ3v) is 4.50. The molecule has 0 aliphatic heterocycles. The van der Waals surface area contributed by atoms with E-state index in [4.69, 9.17) is 9.47 Å². The summed E-state index contributed by atoms with van der Waals surface area (Å²) in [5.74, 6) is 0.763. The highest BCUT2D eigenvalue weighted by Gasteiger charge is 2.08. The summed E-state index contributed by atoms with van der Waals surface area (Å²) in [4.78, 5) is 31.2. The maximum atomic E-state index is 12.3. The maximum absolute atomic E-state index is 12.3. The van der Waals surface area contributed by atoms with Gasteiger partial charge >= 0.3 is 5.97 Å². The number of para-hydroxylation sites is 1. The van der Waals surface area contributed by atoms with Crippen molar-refractivity contribution >= 4 is 16.9 Å². The summed E-state index contributed by atoms with van der Waals surface area (Å²) >= 11 is 0. The number of benzene rings is 3. The third kappa shape index (κ3) is 4.01. The van der Waals surface area contributed by atoms with Gasteiger partial charge in [-0.3, -0.25) is 4.79 Å². The molecule has 0 saturated heterocycles. The van der Waals surface area contributed by atoms with Crippen LogP contribution in [0.3, 0.4) is 0 Å². The van der Waals surface area contributed by atoms with E-state index < -0.39 is 0 Å². The van der Waals surface area contributed by atoms with E-state index in [-0.39, 0.29) is 11.5 Å². The number of nitrogens with zero attached hydrogens (tertiary/aromatic N) is 1. The van der Waals surface area contributed by atoms with Gasteiger partial charge in [-0.05, 0) is 42.0 Å². The molecule has 1 heterocycles. The first kappa shape index (κ1) is 18.4. The van der Waals surface area contributed by atoms with Gasteiger partial charge in [-0.15, -0.1) is 0 Å². The van der Waals surface area contributed by atoms with Crippen LogP contribution >= 0.6 is 0 Å². The number of nitrogens with one attached hydrogen (secondary N) is 1. The minimum Gasteiger partial charge on any atom is -0.489 e. The van der Waals surface area contributed by atoms with E-state index in [1.54, 1.807) is 18.2 Å². The van der Waals surface area contributed by atoms with E-state index in [0.717, 1.165) is 11.1 Å². The summed E-state index contributed by atoms with van der Waals surface area (Å²) in [6, 6.07) is 21.6. The summed E-state index contributed by atoms with van der Waals surface area (Å²) in [5.41, 5.74) is 2.63. The number of aromatic amines is 1. The van der Waals surface area contributed by atoms with Crippen molar-refractivity contribution in [2.24, 2.45) is 0 Å². The van der Waals surface area contributed by atoms with Crippen molar-refractivity contribution in [3.8, 4) is 17.1 Å². The molecule has 0 spiro atoms. The Morgan fingerprint density at radius 3 is 2.59 bits per heavy atom. The van der Waals surface area contributed by atoms with Gasteiger partial charge in [0.25, 0.3) is 5.56 Å². The van der Waals surface area contributed by atoms with Gasteiger partial charge in [0, 0.05) is 5.56 Å². The van der Waals surface area contributed by atoms with E-state index in [2.05, 4.69) is 9.97 Å². The lowest BCUT2D eigenvalue weighted by Crippen LogP contribution is -2.09. The molecule has 0 unspecified atom stereocenters. The second-order valence-electron chi connectivity index (χ2n) is 6.44. The standard InChI is InChI=1S/C23H18N2O4/c1-28-23(27)16-11-9-15(10-12-16)14-29-18-6-4-5-17(13-18)21-24-20-8-3-2-7-19(20)22(26)25-21/h2-13H,14H2,1H3,(H,24,25,26). The number of hydrogen-bond donors (Lipinski definition) is 1. The Morgan fingerprint density at radius 1 is 1.00 bits per heavy atom. The van der Waals surface area contributed by atoms with Crippen molar-refractivity contribution < 1.29 is 14.3 Å². The number of aromatic nitrogens is 2. The predicted octanol–water partition coefficient (Wildman–Crippen LogP) is 3.96. The molecule has 29 heavy (non-hydrogen) atoms. The fourth-order valence-electron chi connectivity index (χ4n) is 2.98. The van der Waals surface area contributed by atoms with Gasteiger partial charge in [-0.2, -0.15) is 0 Å². The Morgan fingerprint density at radius 2 is 1.79 bits per heavy atom. The lowest BCUT2D eigenvalue weighted by atomic mass is 10.1. The van der Waals surface area contributed by atoms with Crippen LogP contribution in [0.4, 0.5) is 0 Å². The molecule has 3 aromatic carbocycles. The lowest BCUT2D eigenvalue weighted by Gasteiger charge is -2.09. The Balaban J connectivity index is 1.53. The van der Waals surface area contributed by atoms with Crippen molar-refractivity contribution in [3.63, 3.8) is 0 Å². The van der Waals surface area contributed by atoms with Crippen LogP contribution in [0, 0.1) is 0 Å². The minimum atomic E-state index is -0.373. The summed E-state index contributed by atoms with van der Waals surface area (Å²) < 4.78 is 10.6. The van der Waals surface area contributed by atoms with Crippen LogP contribution in [-0.2, 0) is 11.3 Å². The number of ether oxygens (including phenoxy) is 2. The third-order valence-electron chi connectivity index (χ3n) is 4.50. The molecule has 1 N–H and O–H groups in total. The Hall–Kier alpha value is -3.93. The zero-order valence-electron chi connectivity index (χ0n) is 15.7. The van der Waals surface area contributed by atoms with E-state index in [1.165, 1.54) is 7.11 Å². The van der Waals surface area contributed by atoms with Gasteiger partial charge in [0.1, 0.15) is 18.2 Å². The fraction of sp³-hybridized carbons (Fsp3) is 0.0870. The molecule has 0 radical (unpaired) electrons. The molecule has 0 saturated carbocycles. The van der Waals surface area contributed by atoms with Crippen LogP contribution in [0.15, 0.2) is 77.6 Å². The number of methoxy groups -OCH3 is 1. The second-order valence-corrected chi connectivity index (χ2v) is 6.44. The van der Waals surface area contributed by atoms with Crippen molar-refractivity contribution in [3.05, 3.63) is 94.3 Å². The van der Waals surface area contributed by atoms with Crippen LogP contribution in [-0.4, -0.2) is 23.0 Å². The summed E-state index contributed by atoms with van der Waals surface area (Å²) in [6.07, 6.45) is 0. The Kier molecular flexibility index (Phi) is 5.07. The highest BCUT2D eigenvalue weighted by atomic mass is 16.5. The molecular formula is C23H18N2O4. The zero-order valence-corrected chi connectivity index (χ0v) is 15.7. The van der Waals surface area contributed by atoms with E-state index in [1.807, 2.05) is 54.6 Å². The minimum absolute atomic E-state index is 0.178. The smallest absolute Gasteiger partial charge is 0.337 e. The predicted molar refractivity (Wildman–Crippen MR) is 110 cm³/mol. The van der Waals surface area contributed by atoms with Gasteiger partial charge in [0.2, 0.25) is 0 Å². The second kappa shape index (κ2) is 7.98. The Bertz CT molecular complexity index is 1230. The van der Waals surface area contributed by atoms with Gasteiger partial charge in [-0.1, -0.05) is 36.4 Å². The molecule has 6 heteroatoms. The van der Waals surface area contributed by atoms with E-state index in [0.29, 0.717) is 34.6 Å². The van der Waals surface area contributed by atoms with Crippen molar-refractivity contribution in [2.75, 3.05) is 7.11 Å². The molecule has 4 aromatic rings. The average molecular weight is 386 g/mol. The molecule has 0 bridgehead atoms. The van der Waals surface area contributed by atoms with E-state index in [9.17, 15) is 9.59 Å². The maximum Gasteiger partial charge on any atom is 0.337 e. The number of H-pyrrole nitrogens is 1. The number of esters is 1. The van der Waals surface area contributed by atoms with Gasteiger partial charge in [-0.25, -0.2) is 9.78 Å². The monoisotopic (exact) mass is 386 g/mol. The molecule has 4 rings (SSSR count). The topological polar surface area (TPSA) is 81.3 Å². The van der Waals surface area contributed by atoms with Crippen LogP contribution in [0.2, 0.25) is 0 Å². The molecule has 0 aliphatic rings. The number of carbonyl (C=O) groups excluding carboxylic acids is 1. The lowest BCUT2D eigenvalue weighted by molar-refractivity contribution is 0.0600. The highest BCUT2D eigenvalue weighted by molar-refractivity contribution is 5.89. The van der Waals surface area contributed by atoms with E-state index >= 15 is 0 Å². The van der Waals surface area contributed by atoms with Gasteiger partial charge in [0.05, 0.1) is 23.6 Å². The highest BCUT2D eigenvalue weighted by Crippen LogP contribution is 2.22. The van der Waals surface area contributed by atoms with Crippen molar-refractivity contribution in [2.45, 2.75) is 6.61 Å². The molecule has 0 amide bonds. The number of rotatable bonds is 5. The van der Waals surface area contributed by atoms with Crippen molar-refractivity contribution in [1.29, 1.82) is 0 Å². The molecule has 144 valence electrons. The normalized spacial score (nSPS) is 10.7. The fourth-order valence-corrected chi connectivity index (χ4v) is 2.98. The Labute approximate surface area is 166 Å². The summed E-state index contributed by atoms with van der Waals surface area (Å²) in [6.45, 7) is 0.340. The number of carbonyl (C=O) groups is 1. The zero-order chi connectivity index (χ0) is 20.2. The van der Waals surface area contributed by atoms with Gasteiger partial charge < -0.3 is 14.5 Å². The molecule has 0 atom stereocenters. The summed E-state index contributed by atoms with van der Waals surface area (Å²) in [5, 5.41) is 0.555. The quantitative estimate of drug-likeness (QED) is 0.525. The summed E-state index contributed by atoms with van der Waals surface area (Å²) in [7, 11) is 1.35. The average Bonchev–Trinajstić information content (AvgIpc) is 2.77. The molecular weight excluding hydrogens is 368 g/mol. The molecule has 1 aromatic heterocycles. The number of fused-ring (bicyclic) bond motifs is 1. The van der Waals surface area contributed by atoms with Crippen LogP contribution in [0.1, 0.15) is 15.9 Å². The first-order chi connectivity index (χ1) is 14.1. The van der Waals surface area contributed by atoms with Crippen LogP contribution < -0.4 is 10.3 Å². The van der Waals surface area contributed by atoms with Crippen LogP contribution in [0.5, 0.6) is 5.75 Å². The van der Waals surface area contributed by atoms with Crippen molar-refractivity contribution in [1.82, 2.24) is 9.97 Å². The molecule has 0 fully saturated rings. The SMILES string of the molecule is COC(=O)c1ccc(COc2cccc(-c3nc4ccccc4c(=O)[nH]3)c2)cc1. The first-order valence-electron chi connectivity index (χ1n) is 9.03. The first-order valence-corrected chi connectivity index (χ1v) is 9.03. The molecule has 6 nitrogen and oxygen atoms in total. The van der Waals surface area contributed by atoms with Crippen LogP contribution in [0.25, 0.3) is 22.3 Å². The van der Waals surface area contributed by atoms with Gasteiger partial charge in [0.15, 0.2) is 0 Å². The largest absolute Gasteiger partial charge is 0.489 e.